The summed E-state index contributed by atoms with van der Waals surface area (Å²) in [6.45, 7) is 18.5. The molecule has 0 bridgehead atoms. The number of likely N-dealkylation sites (N-methyl/N-ethyl adjacent to an activating group) is 1. The van der Waals surface area contributed by atoms with Crippen molar-refractivity contribution in [2.75, 3.05) is 13.6 Å². The maximum absolute atomic E-state index is 13.6. The largest absolute Gasteiger partial charge is 0.342 e. The highest BCUT2D eigenvalue weighted by Gasteiger charge is 2.39. The predicted molar refractivity (Wildman–Crippen MR) is 127 cm³/mol. The molecule has 1 aliphatic heterocycles. The molecule has 0 radical (unpaired) electrons. The molecule has 1 aliphatic rings. The summed E-state index contributed by atoms with van der Waals surface area (Å²) in [5, 5.41) is 3.10. The highest BCUT2D eigenvalue weighted by atomic mass is 16.2. The van der Waals surface area contributed by atoms with Gasteiger partial charge in [-0.25, -0.2) is 0 Å². The second kappa shape index (κ2) is 11.3. The molecule has 0 aromatic rings. The van der Waals surface area contributed by atoms with Crippen molar-refractivity contribution >= 4 is 17.6 Å². The third-order valence-electron chi connectivity index (χ3n) is 6.36. The monoisotopic (exact) mass is 435 g/mol. The Morgan fingerprint density at radius 3 is 2.10 bits per heavy atom. The van der Waals surface area contributed by atoms with E-state index in [1.807, 2.05) is 40.7 Å². The summed E-state index contributed by atoms with van der Waals surface area (Å²) in [5.41, 5.74) is 0.198. The smallest absolute Gasteiger partial charge is 0.245 e. The van der Waals surface area contributed by atoms with Crippen molar-refractivity contribution < 1.29 is 14.4 Å². The second-order valence-electron chi connectivity index (χ2n) is 10.7. The first-order chi connectivity index (χ1) is 14.2. The molecular weight excluding hydrogens is 390 g/mol. The minimum Gasteiger partial charge on any atom is -0.342 e. The van der Waals surface area contributed by atoms with Crippen molar-refractivity contribution in [2.45, 2.75) is 106 Å². The second-order valence-corrected chi connectivity index (χ2v) is 10.7. The fraction of sp³-hybridized carbons (Fsp3) is 0.800. The number of ketones is 1. The summed E-state index contributed by atoms with van der Waals surface area (Å²) in [6, 6.07) is -0.779. The third kappa shape index (κ3) is 7.44. The summed E-state index contributed by atoms with van der Waals surface area (Å²) >= 11 is 0. The van der Waals surface area contributed by atoms with E-state index in [0.717, 1.165) is 25.8 Å². The van der Waals surface area contributed by atoms with E-state index in [-0.39, 0.29) is 41.6 Å². The molecule has 0 aliphatic carbocycles. The Morgan fingerprint density at radius 1 is 1.06 bits per heavy atom. The van der Waals surface area contributed by atoms with Crippen LogP contribution in [-0.2, 0) is 14.4 Å². The minimum absolute atomic E-state index is 0.00162. The molecule has 2 amide bonds. The summed E-state index contributed by atoms with van der Waals surface area (Å²) in [4.78, 5) is 42.6. The van der Waals surface area contributed by atoms with Crippen molar-refractivity contribution in [1.29, 1.82) is 0 Å². The Balaban J connectivity index is 3.15. The van der Waals surface area contributed by atoms with Crippen molar-refractivity contribution in [3.63, 3.8) is 0 Å². The van der Waals surface area contributed by atoms with Crippen LogP contribution in [0.25, 0.3) is 0 Å². The molecule has 6 nitrogen and oxygen atoms in total. The minimum atomic E-state index is -0.645. The topological polar surface area (TPSA) is 69.7 Å². The molecule has 1 saturated heterocycles. The van der Waals surface area contributed by atoms with Crippen molar-refractivity contribution in [2.24, 2.45) is 11.3 Å². The number of carbonyl (C=O) groups excluding carboxylic acids is 3. The van der Waals surface area contributed by atoms with E-state index >= 15 is 0 Å². The molecule has 3 atom stereocenters. The van der Waals surface area contributed by atoms with Gasteiger partial charge >= 0.3 is 0 Å². The Labute approximate surface area is 189 Å². The lowest BCUT2D eigenvalue weighted by Crippen LogP contribution is -2.60. The molecule has 1 heterocycles. The highest BCUT2D eigenvalue weighted by molar-refractivity contribution is 5.93. The Hall–Kier alpha value is -1.69. The number of hydrogen-bond acceptors (Lipinski definition) is 4. The molecule has 0 aromatic heterocycles. The average molecular weight is 436 g/mol. The Bertz CT molecular complexity index is 676. The van der Waals surface area contributed by atoms with Crippen LogP contribution in [0.2, 0.25) is 0 Å². The number of likely N-dealkylation sites (tertiary alicyclic amines) is 1. The van der Waals surface area contributed by atoms with Gasteiger partial charge in [0, 0.05) is 13.1 Å². The number of nitrogens with zero attached hydrogens (tertiary/aromatic N) is 2. The molecular formula is C25H45N3O3. The lowest BCUT2D eigenvalue weighted by molar-refractivity contribution is -0.142. The van der Waals surface area contributed by atoms with Crippen LogP contribution in [0.3, 0.4) is 0 Å². The third-order valence-corrected chi connectivity index (χ3v) is 6.36. The molecule has 1 rings (SSSR count). The summed E-state index contributed by atoms with van der Waals surface area (Å²) in [7, 11) is 1.77. The van der Waals surface area contributed by atoms with Gasteiger partial charge < -0.3 is 10.2 Å². The van der Waals surface area contributed by atoms with Crippen molar-refractivity contribution in [3.05, 3.63) is 11.6 Å². The van der Waals surface area contributed by atoms with Crippen LogP contribution in [-0.4, -0.2) is 65.2 Å². The van der Waals surface area contributed by atoms with Crippen LogP contribution in [0.5, 0.6) is 0 Å². The van der Waals surface area contributed by atoms with Crippen molar-refractivity contribution in [1.82, 2.24) is 15.1 Å². The lowest BCUT2D eigenvalue weighted by Gasteiger charge is -2.41. The van der Waals surface area contributed by atoms with Gasteiger partial charge in [-0.2, -0.15) is 0 Å². The fourth-order valence-electron chi connectivity index (χ4n) is 4.22. The zero-order valence-corrected chi connectivity index (χ0v) is 21.4. The van der Waals surface area contributed by atoms with Crippen LogP contribution >= 0.6 is 0 Å². The standard InChI is InChI=1S/C25H45N3O3/c1-16(2)21(15-18(5)19(6)29)27(10)24(31)22(25(7,8)9)26-23(30)20-13-11-12-14-28(20)17(3)4/h15-17,20-22H,11-14H2,1-10H3,(H,26,30)/b18-15+/t20-,21-,22-/m1/s1. The maximum atomic E-state index is 13.6. The first-order valence-electron chi connectivity index (χ1n) is 11.7. The van der Waals surface area contributed by atoms with E-state index in [9.17, 15) is 14.4 Å². The SMILES string of the molecule is CC(=O)/C(C)=C/[C@H](C(C)C)N(C)C(=O)[C@@H](NC(=O)[C@H]1CCCCN1C(C)C)C(C)(C)C. The number of rotatable bonds is 8. The van der Waals surface area contributed by atoms with Gasteiger partial charge in [0.05, 0.1) is 12.1 Å². The van der Waals surface area contributed by atoms with E-state index in [4.69, 9.17) is 0 Å². The fourth-order valence-corrected chi connectivity index (χ4v) is 4.22. The van der Waals surface area contributed by atoms with Crippen LogP contribution in [0.15, 0.2) is 11.6 Å². The van der Waals surface area contributed by atoms with E-state index in [1.165, 1.54) is 6.92 Å². The number of nitrogens with one attached hydrogen (secondary N) is 1. The molecule has 1 fully saturated rings. The van der Waals surface area contributed by atoms with Gasteiger partial charge in [-0.05, 0) is 64.0 Å². The number of piperidine rings is 1. The van der Waals surface area contributed by atoms with Gasteiger partial charge in [-0.1, -0.05) is 47.1 Å². The number of Topliss-reactive ketones (excluding diaryl/α,β-unsaturated/α-hetero) is 1. The van der Waals surface area contributed by atoms with E-state index < -0.39 is 11.5 Å². The number of hydrogen-bond donors (Lipinski definition) is 1. The quantitative estimate of drug-likeness (QED) is 0.589. The molecule has 1 N–H and O–H groups in total. The molecule has 6 heteroatoms. The van der Waals surface area contributed by atoms with Crippen LogP contribution in [0.1, 0.15) is 81.6 Å². The normalized spacial score (nSPS) is 20.5. The van der Waals surface area contributed by atoms with E-state index in [2.05, 4.69) is 24.1 Å². The Morgan fingerprint density at radius 2 is 1.65 bits per heavy atom. The first kappa shape index (κ1) is 27.3. The first-order valence-corrected chi connectivity index (χ1v) is 11.7. The Kier molecular flexibility index (Phi) is 9.93. The highest BCUT2D eigenvalue weighted by Crippen LogP contribution is 2.25. The van der Waals surface area contributed by atoms with Crippen LogP contribution in [0, 0.1) is 11.3 Å². The molecule has 0 unspecified atom stereocenters. The zero-order chi connectivity index (χ0) is 24.1. The average Bonchev–Trinajstić information content (AvgIpc) is 2.67. The zero-order valence-electron chi connectivity index (χ0n) is 21.4. The summed E-state index contributed by atoms with van der Waals surface area (Å²) in [5.74, 6) is -0.0571. The van der Waals surface area contributed by atoms with E-state index in [1.54, 1.807) is 18.9 Å². The van der Waals surface area contributed by atoms with Gasteiger partial charge in [0.2, 0.25) is 11.8 Å². The van der Waals surface area contributed by atoms with Gasteiger partial charge in [0.25, 0.3) is 0 Å². The molecule has 178 valence electrons. The van der Waals surface area contributed by atoms with Gasteiger partial charge in [0.1, 0.15) is 6.04 Å². The molecule has 0 aromatic carbocycles. The molecule has 0 spiro atoms. The van der Waals surface area contributed by atoms with Crippen LogP contribution < -0.4 is 5.32 Å². The molecule has 0 saturated carbocycles. The predicted octanol–water partition coefficient (Wildman–Crippen LogP) is 3.80. The summed E-state index contributed by atoms with van der Waals surface area (Å²) < 4.78 is 0. The maximum Gasteiger partial charge on any atom is 0.245 e. The number of amides is 2. The number of carbonyl (C=O) groups is 3. The summed E-state index contributed by atoms with van der Waals surface area (Å²) in [6.07, 6.45) is 4.82. The van der Waals surface area contributed by atoms with Gasteiger partial charge in [0.15, 0.2) is 5.78 Å². The van der Waals surface area contributed by atoms with E-state index in [0.29, 0.717) is 5.57 Å². The number of allylic oxidation sites excluding steroid dienone is 1. The van der Waals surface area contributed by atoms with Crippen LogP contribution in [0.4, 0.5) is 0 Å². The van der Waals surface area contributed by atoms with Gasteiger partial charge in [-0.15, -0.1) is 0 Å². The lowest BCUT2D eigenvalue weighted by atomic mass is 9.84. The van der Waals surface area contributed by atoms with Gasteiger partial charge in [-0.3, -0.25) is 19.3 Å². The molecule has 31 heavy (non-hydrogen) atoms. The van der Waals surface area contributed by atoms with Crippen molar-refractivity contribution in [3.8, 4) is 0 Å².